The van der Waals surface area contributed by atoms with E-state index in [4.69, 9.17) is 4.74 Å². The number of halogens is 4. The Bertz CT molecular complexity index is 549. The van der Waals surface area contributed by atoms with E-state index in [-0.39, 0.29) is 17.1 Å². The lowest BCUT2D eigenvalue weighted by Crippen LogP contribution is -2.41. The van der Waals surface area contributed by atoms with Crippen LogP contribution in [0.5, 0.6) is 5.75 Å². The van der Waals surface area contributed by atoms with E-state index in [1.54, 1.807) is 5.32 Å². The second-order valence-corrected chi connectivity index (χ2v) is 3.97. The lowest BCUT2D eigenvalue weighted by Gasteiger charge is -2.17. The fourth-order valence-corrected chi connectivity index (χ4v) is 1.39. The van der Waals surface area contributed by atoms with E-state index in [1.807, 2.05) is 0 Å². The normalized spacial score (nSPS) is 11.2. The third-order valence-electron chi connectivity index (χ3n) is 2.34. The summed E-state index contributed by atoms with van der Waals surface area (Å²) in [6, 6.07) is 3.78. The van der Waals surface area contributed by atoms with Gasteiger partial charge in [-0.2, -0.15) is 8.78 Å². The minimum absolute atomic E-state index is 0.0254. The van der Waals surface area contributed by atoms with Crippen molar-refractivity contribution in [2.45, 2.75) is 19.3 Å². The summed E-state index contributed by atoms with van der Waals surface area (Å²) in [4.78, 5) is 22.1. The van der Waals surface area contributed by atoms with Crippen LogP contribution >= 0.6 is 0 Å². The maximum absolute atomic E-state index is 12.9. The molecule has 0 unspecified atom stereocenters. The third kappa shape index (κ3) is 4.07. The molecule has 0 bridgehead atoms. The number of amides is 2. The van der Waals surface area contributed by atoms with Crippen molar-refractivity contribution < 1.29 is 31.9 Å². The zero-order valence-electron chi connectivity index (χ0n) is 11.0. The highest BCUT2D eigenvalue weighted by Gasteiger charge is 2.49. The van der Waals surface area contributed by atoms with Gasteiger partial charge in [0.1, 0.15) is 5.75 Å². The molecule has 2 N–H and O–H groups in total. The van der Waals surface area contributed by atoms with Crippen molar-refractivity contribution in [1.29, 1.82) is 0 Å². The predicted molar refractivity (Wildman–Crippen MR) is 66.9 cm³/mol. The number of anilines is 2. The largest absolute Gasteiger partial charge is 0.495 e. The molecule has 0 fully saturated rings. The summed E-state index contributed by atoms with van der Waals surface area (Å²) < 4.78 is 54.8. The number of hydrogen-bond acceptors (Lipinski definition) is 3. The molecule has 0 aliphatic rings. The smallest absolute Gasteiger partial charge is 0.383 e. The Morgan fingerprint density at radius 2 is 1.86 bits per heavy atom. The van der Waals surface area contributed by atoms with Crippen LogP contribution < -0.4 is 15.4 Å². The minimum Gasteiger partial charge on any atom is -0.495 e. The van der Waals surface area contributed by atoms with Crippen molar-refractivity contribution in [3.05, 3.63) is 18.2 Å². The van der Waals surface area contributed by atoms with E-state index in [0.717, 1.165) is 6.07 Å². The van der Waals surface area contributed by atoms with Crippen molar-refractivity contribution >= 4 is 23.2 Å². The van der Waals surface area contributed by atoms with Crippen LogP contribution in [0.3, 0.4) is 0 Å². The van der Waals surface area contributed by atoms with Crippen LogP contribution in [0.15, 0.2) is 18.2 Å². The van der Waals surface area contributed by atoms with Crippen LogP contribution in [0.25, 0.3) is 0 Å². The highest BCUT2D eigenvalue weighted by atomic mass is 19.3. The van der Waals surface area contributed by atoms with Gasteiger partial charge in [0.05, 0.1) is 12.8 Å². The molecule has 0 aromatic heterocycles. The molecule has 0 aliphatic heterocycles. The van der Waals surface area contributed by atoms with Crippen LogP contribution in [0.2, 0.25) is 0 Å². The lowest BCUT2D eigenvalue weighted by atomic mass is 10.2. The highest BCUT2D eigenvalue weighted by molar-refractivity contribution is 5.98. The number of nitrogens with one attached hydrogen (secondary N) is 2. The summed E-state index contributed by atoms with van der Waals surface area (Å²) in [6.45, 7) is 1.22. The topological polar surface area (TPSA) is 67.4 Å². The molecule has 1 rings (SSSR count). The Morgan fingerprint density at radius 1 is 1.24 bits per heavy atom. The predicted octanol–water partition coefficient (Wildman–Crippen LogP) is 2.49. The van der Waals surface area contributed by atoms with Crippen LogP contribution in [0, 0.1) is 0 Å². The number of hydrogen-bond donors (Lipinski definition) is 2. The second kappa shape index (κ2) is 6.42. The van der Waals surface area contributed by atoms with Crippen LogP contribution in [0.1, 0.15) is 6.92 Å². The fraction of sp³-hybridized carbons (Fsp3) is 0.333. The number of ether oxygens (including phenoxy) is 1. The Morgan fingerprint density at radius 3 is 2.33 bits per heavy atom. The molecule has 0 saturated heterocycles. The first-order valence-corrected chi connectivity index (χ1v) is 5.61. The summed E-state index contributed by atoms with van der Waals surface area (Å²) in [7, 11) is 1.20. The van der Waals surface area contributed by atoms with E-state index < -0.39 is 24.2 Å². The third-order valence-corrected chi connectivity index (χ3v) is 2.34. The van der Waals surface area contributed by atoms with Gasteiger partial charge in [-0.05, 0) is 18.2 Å². The van der Waals surface area contributed by atoms with Gasteiger partial charge in [-0.25, -0.2) is 8.78 Å². The quantitative estimate of drug-likeness (QED) is 0.821. The van der Waals surface area contributed by atoms with Crippen LogP contribution in [-0.2, 0) is 9.59 Å². The first-order chi connectivity index (χ1) is 9.68. The molecular formula is C12H12F4N2O3. The molecule has 0 heterocycles. The molecule has 0 saturated carbocycles. The molecule has 9 heteroatoms. The van der Waals surface area contributed by atoms with Crippen LogP contribution in [0.4, 0.5) is 28.9 Å². The number of alkyl halides is 4. The molecule has 0 atom stereocenters. The summed E-state index contributed by atoms with van der Waals surface area (Å²) in [6.07, 6.45) is -4.14. The maximum Gasteiger partial charge on any atom is 0.383 e. The first kappa shape index (κ1) is 16.7. The van der Waals surface area contributed by atoms with Gasteiger partial charge in [0, 0.05) is 12.6 Å². The van der Waals surface area contributed by atoms with Crippen molar-refractivity contribution in [3.8, 4) is 5.75 Å². The highest BCUT2D eigenvalue weighted by Crippen LogP contribution is 2.31. The zero-order chi connectivity index (χ0) is 16.2. The summed E-state index contributed by atoms with van der Waals surface area (Å²) in [5, 5.41) is 4.00. The molecule has 0 aliphatic carbocycles. The van der Waals surface area contributed by atoms with Crippen molar-refractivity contribution in [3.63, 3.8) is 0 Å². The first-order valence-electron chi connectivity index (χ1n) is 5.61. The second-order valence-electron chi connectivity index (χ2n) is 3.97. The molecule has 5 nitrogen and oxygen atoms in total. The molecular weight excluding hydrogens is 296 g/mol. The monoisotopic (exact) mass is 308 g/mol. The Labute approximate surface area is 117 Å². The standard InChI is InChI=1S/C12H12F4N2O3/c1-6(19)17-7-3-4-9(21-2)8(5-7)18-11(20)12(15,16)10(13)14/h3-5,10H,1-2H3,(H,17,19)(H,18,20). The maximum atomic E-state index is 12.9. The SMILES string of the molecule is COc1ccc(NC(C)=O)cc1NC(=O)C(F)(F)C(F)F. The van der Waals surface area contributed by atoms with Gasteiger partial charge in [-0.15, -0.1) is 0 Å². The van der Waals surface area contributed by atoms with Crippen LogP contribution in [-0.4, -0.2) is 31.3 Å². The van der Waals surface area contributed by atoms with E-state index in [0.29, 0.717) is 0 Å². The fourth-order valence-electron chi connectivity index (χ4n) is 1.39. The summed E-state index contributed by atoms with van der Waals surface area (Å²) >= 11 is 0. The lowest BCUT2D eigenvalue weighted by molar-refractivity contribution is -0.163. The van der Waals surface area contributed by atoms with E-state index in [9.17, 15) is 27.2 Å². The molecule has 2 amide bonds. The van der Waals surface area contributed by atoms with Crippen molar-refractivity contribution in [2.24, 2.45) is 0 Å². The number of carbonyl (C=O) groups is 2. The van der Waals surface area contributed by atoms with Gasteiger partial charge in [-0.3, -0.25) is 9.59 Å². The molecule has 1 aromatic carbocycles. The number of rotatable bonds is 5. The van der Waals surface area contributed by atoms with Gasteiger partial charge in [0.2, 0.25) is 5.91 Å². The summed E-state index contributed by atoms with van der Waals surface area (Å²) in [5.41, 5.74) is -0.0898. The van der Waals surface area contributed by atoms with Crippen molar-refractivity contribution in [1.82, 2.24) is 0 Å². The molecule has 116 valence electrons. The average Bonchev–Trinajstić information content (AvgIpc) is 2.38. The molecule has 0 spiro atoms. The number of benzene rings is 1. The molecule has 0 radical (unpaired) electrons. The van der Waals surface area contributed by atoms with Crippen molar-refractivity contribution in [2.75, 3.05) is 17.7 Å². The number of carbonyl (C=O) groups excluding carboxylic acids is 2. The van der Waals surface area contributed by atoms with Gasteiger partial charge >= 0.3 is 18.3 Å². The Hall–Kier alpha value is -2.32. The molecule has 21 heavy (non-hydrogen) atoms. The van der Waals surface area contributed by atoms with E-state index in [1.165, 1.54) is 26.2 Å². The molecule has 1 aromatic rings. The Kier molecular flexibility index (Phi) is 5.12. The van der Waals surface area contributed by atoms with E-state index >= 15 is 0 Å². The zero-order valence-corrected chi connectivity index (χ0v) is 11.0. The van der Waals surface area contributed by atoms with Gasteiger partial charge in [-0.1, -0.05) is 0 Å². The van der Waals surface area contributed by atoms with Gasteiger partial charge < -0.3 is 15.4 Å². The summed E-state index contributed by atoms with van der Waals surface area (Å²) in [5.74, 6) is -7.47. The average molecular weight is 308 g/mol. The number of methoxy groups -OCH3 is 1. The van der Waals surface area contributed by atoms with Gasteiger partial charge in [0.15, 0.2) is 0 Å². The minimum atomic E-state index is -4.84. The van der Waals surface area contributed by atoms with E-state index in [2.05, 4.69) is 5.32 Å². The Balaban J connectivity index is 3.05. The van der Waals surface area contributed by atoms with Gasteiger partial charge in [0.25, 0.3) is 0 Å².